The van der Waals surface area contributed by atoms with Gasteiger partial charge in [0.05, 0.1) is 0 Å². The van der Waals surface area contributed by atoms with Crippen LogP contribution in [0.3, 0.4) is 0 Å². The van der Waals surface area contributed by atoms with E-state index in [0.717, 1.165) is 6.42 Å². The van der Waals surface area contributed by atoms with Gasteiger partial charge in [0.1, 0.15) is 0 Å². The summed E-state index contributed by atoms with van der Waals surface area (Å²) in [6, 6.07) is 0. The maximum absolute atomic E-state index is 3.55. The fourth-order valence-electron chi connectivity index (χ4n) is 0.204. The van der Waals surface area contributed by atoms with Crippen LogP contribution in [0, 0.1) is 0 Å². The summed E-state index contributed by atoms with van der Waals surface area (Å²) in [5.74, 6) is 0. The van der Waals surface area contributed by atoms with Crippen LogP contribution in [0.1, 0.15) is 19.8 Å². The summed E-state index contributed by atoms with van der Waals surface area (Å²) in [5, 5.41) is 0. The summed E-state index contributed by atoms with van der Waals surface area (Å²) >= 11 is 0. The maximum atomic E-state index is 3.55. The molecule has 0 saturated heterocycles. The Labute approximate surface area is 59.8 Å². The van der Waals surface area contributed by atoms with Gasteiger partial charge in [0.2, 0.25) is 0 Å². The Morgan fingerprint density at radius 1 is 1.67 bits per heavy atom. The summed E-state index contributed by atoms with van der Waals surface area (Å²) in [7, 11) is 0. The van der Waals surface area contributed by atoms with E-state index >= 15 is 0 Å². The van der Waals surface area contributed by atoms with E-state index in [2.05, 4.69) is 13.5 Å². The predicted molar refractivity (Wildman–Crippen MR) is 33.6 cm³/mol. The summed E-state index contributed by atoms with van der Waals surface area (Å²) < 4.78 is 0. The molecule has 0 heterocycles. The first-order valence-corrected chi connectivity index (χ1v) is 2.02. The average Bonchev–Trinajstić information content (AvgIpc) is 1.41. The van der Waals surface area contributed by atoms with Gasteiger partial charge in [-0.2, -0.15) is 0 Å². The minimum atomic E-state index is 0. The monoisotopic (exact) mass is 280 g/mol. The Hall–Kier alpha value is 0.662. The van der Waals surface area contributed by atoms with Crippen molar-refractivity contribution < 1.29 is 0 Å². The predicted octanol–water partition coefficient (Wildman–Crippen LogP) is 1.06. The van der Waals surface area contributed by atoms with Crippen molar-refractivity contribution in [1.82, 2.24) is 0 Å². The molecule has 0 nitrogen and oxygen atoms in total. The van der Waals surface area contributed by atoms with Crippen LogP contribution in [-0.2, 0) is 0 Å². The van der Waals surface area contributed by atoms with E-state index in [1.54, 1.807) is 0 Å². The van der Waals surface area contributed by atoms with Crippen LogP contribution in [0.4, 0.5) is 0 Å². The molecule has 0 atom stereocenters. The molecule has 1 heteroatoms. The molecule has 2 radical (unpaired) electrons. The second-order valence-electron chi connectivity index (χ2n) is 1.08. The van der Waals surface area contributed by atoms with Gasteiger partial charge < -0.3 is 0 Å². The van der Waals surface area contributed by atoms with E-state index < -0.39 is 0 Å². The molecule has 0 N–H and O–H groups in total. The van der Waals surface area contributed by atoms with Gasteiger partial charge in [0, 0.05) is 0 Å². The van der Waals surface area contributed by atoms with E-state index in [9.17, 15) is 0 Å². The fourth-order valence-corrected chi connectivity index (χ4v) is 0.204. The second-order valence-corrected chi connectivity index (χ2v) is 1.08. The third kappa shape index (κ3) is 8.82. The zero-order chi connectivity index (χ0) is 4.12. The SMILES string of the molecule is C=CCCC.[PbH2]. The third-order valence-electron chi connectivity index (χ3n) is 0.493. The molecule has 0 rings (SSSR count). The van der Waals surface area contributed by atoms with Crippen LogP contribution in [0.15, 0.2) is 12.7 Å². The molecule has 0 saturated carbocycles. The quantitative estimate of drug-likeness (QED) is 0.524. The van der Waals surface area contributed by atoms with Gasteiger partial charge in [-0.25, -0.2) is 0 Å². The number of hydrogen-bond donors (Lipinski definition) is 0. The molecule has 36 valence electrons. The molecule has 6 heavy (non-hydrogen) atoms. The van der Waals surface area contributed by atoms with Crippen molar-refractivity contribution in [3.8, 4) is 0 Å². The minimum absolute atomic E-state index is 0. The van der Waals surface area contributed by atoms with Crippen LogP contribution in [0.2, 0.25) is 0 Å². The summed E-state index contributed by atoms with van der Waals surface area (Å²) in [6.07, 6.45) is 4.31. The van der Waals surface area contributed by atoms with Gasteiger partial charge in [-0.15, -0.1) is 6.58 Å². The Morgan fingerprint density at radius 3 is 2.17 bits per heavy atom. The van der Waals surface area contributed by atoms with E-state index in [1.165, 1.54) is 6.42 Å². The molecule has 0 aliphatic heterocycles. The molecule has 0 bridgehead atoms. The standard InChI is InChI=1S/C5H10.Pb.2H/c1-3-5-4-2;;;/h3H,1,4-5H2,2H3;;;. The van der Waals surface area contributed by atoms with Gasteiger partial charge in [-0.05, 0) is 6.42 Å². The third-order valence-corrected chi connectivity index (χ3v) is 0.493. The number of hydrogen-bond acceptors (Lipinski definition) is 0. The number of allylic oxidation sites excluding steroid dienone is 1. The number of unbranched alkanes of at least 4 members (excludes halogenated alkanes) is 1. The van der Waals surface area contributed by atoms with Crippen molar-refractivity contribution in [2.45, 2.75) is 19.8 Å². The van der Waals surface area contributed by atoms with Crippen molar-refractivity contribution in [3.63, 3.8) is 0 Å². The molecule has 0 fully saturated rings. The van der Waals surface area contributed by atoms with Crippen molar-refractivity contribution >= 4 is 27.3 Å². The molecular formula is C5H12Pb. The van der Waals surface area contributed by atoms with Crippen LogP contribution in [0.5, 0.6) is 0 Å². The molecular weight excluding hydrogens is 267 g/mol. The zero-order valence-corrected chi connectivity index (χ0v) is 9.90. The van der Waals surface area contributed by atoms with Crippen molar-refractivity contribution in [2.75, 3.05) is 0 Å². The summed E-state index contributed by atoms with van der Waals surface area (Å²) in [5.41, 5.74) is 0. The van der Waals surface area contributed by atoms with Crippen molar-refractivity contribution in [2.24, 2.45) is 0 Å². The van der Waals surface area contributed by atoms with Crippen molar-refractivity contribution in [3.05, 3.63) is 12.7 Å². The van der Waals surface area contributed by atoms with Gasteiger partial charge in [0.15, 0.2) is 0 Å². The van der Waals surface area contributed by atoms with Crippen LogP contribution in [0.25, 0.3) is 0 Å². The molecule has 0 spiro atoms. The second kappa shape index (κ2) is 9.18. The molecule has 0 aromatic heterocycles. The van der Waals surface area contributed by atoms with E-state index in [0.29, 0.717) is 0 Å². The van der Waals surface area contributed by atoms with Crippen molar-refractivity contribution in [1.29, 1.82) is 0 Å². The van der Waals surface area contributed by atoms with E-state index in [1.807, 2.05) is 6.08 Å². The zero-order valence-electron chi connectivity index (χ0n) is 4.41. The van der Waals surface area contributed by atoms with Crippen LogP contribution in [-0.4, -0.2) is 27.3 Å². The van der Waals surface area contributed by atoms with Gasteiger partial charge in [0.25, 0.3) is 0 Å². The average molecular weight is 279 g/mol. The first-order valence-electron chi connectivity index (χ1n) is 2.02. The Morgan fingerprint density at radius 2 is 2.17 bits per heavy atom. The Bertz CT molecular complexity index is 25.1. The first kappa shape index (κ1) is 9.83. The Kier molecular flexibility index (Phi) is 15.0. The normalized spacial score (nSPS) is 6.17. The molecule has 0 aromatic carbocycles. The molecule has 0 unspecified atom stereocenters. The summed E-state index contributed by atoms with van der Waals surface area (Å²) in [6.45, 7) is 5.69. The molecule has 0 aromatic rings. The van der Waals surface area contributed by atoms with Gasteiger partial charge in [-0.3, -0.25) is 0 Å². The fraction of sp³-hybridized carbons (Fsp3) is 0.600. The first-order chi connectivity index (χ1) is 2.41. The topological polar surface area (TPSA) is 0 Å². The number of rotatable bonds is 2. The molecule has 0 aliphatic carbocycles. The van der Waals surface area contributed by atoms with Gasteiger partial charge >= 0.3 is 27.3 Å². The Balaban J connectivity index is 0. The molecule has 0 aliphatic rings. The summed E-state index contributed by atoms with van der Waals surface area (Å²) in [4.78, 5) is 0. The van der Waals surface area contributed by atoms with Crippen LogP contribution >= 0.6 is 0 Å². The van der Waals surface area contributed by atoms with E-state index in [4.69, 9.17) is 0 Å². The van der Waals surface area contributed by atoms with E-state index in [-0.39, 0.29) is 27.3 Å². The van der Waals surface area contributed by atoms with Gasteiger partial charge in [-0.1, -0.05) is 19.4 Å². The molecule has 0 amide bonds. The van der Waals surface area contributed by atoms with Crippen LogP contribution < -0.4 is 0 Å².